The summed E-state index contributed by atoms with van der Waals surface area (Å²) in [5.41, 5.74) is 5.85. The van der Waals surface area contributed by atoms with Crippen LogP contribution in [0.5, 0.6) is 5.06 Å². The maximum absolute atomic E-state index is 14.0. The number of carbonyl (C=O) groups is 1. The zero-order valence-electron chi connectivity index (χ0n) is 14.4. The zero-order valence-corrected chi connectivity index (χ0v) is 16.0. The molecule has 3 heterocycles. The minimum absolute atomic E-state index is 0.00445. The number of anilines is 2. The molecule has 11 heteroatoms. The van der Waals surface area contributed by atoms with Crippen LogP contribution in [0.2, 0.25) is 0 Å². The van der Waals surface area contributed by atoms with Crippen LogP contribution in [0, 0.1) is 11.6 Å². The topological polar surface area (TPSA) is 102 Å². The van der Waals surface area contributed by atoms with E-state index in [4.69, 9.17) is 10.5 Å². The van der Waals surface area contributed by atoms with E-state index >= 15 is 0 Å². The Labute approximate surface area is 166 Å². The van der Waals surface area contributed by atoms with Gasteiger partial charge in [-0.1, -0.05) is 17.4 Å². The maximum Gasteiger partial charge on any atom is 0.277 e. The smallest absolute Gasteiger partial charge is 0.277 e. The molecule has 1 aliphatic heterocycles. The molecule has 0 bridgehead atoms. The van der Waals surface area contributed by atoms with Gasteiger partial charge in [0, 0.05) is 18.1 Å². The lowest BCUT2D eigenvalue weighted by molar-refractivity contribution is 0.102. The number of halogens is 2. The highest BCUT2D eigenvalue weighted by Gasteiger charge is 2.24. The van der Waals surface area contributed by atoms with Gasteiger partial charge in [-0.15, -0.1) is 0 Å². The summed E-state index contributed by atoms with van der Waals surface area (Å²) in [7, 11) is 0. The zero-order chi connectivity index (χ0) is 19.7. The molecule has 146 valence electrons. The van der Waals surface area contributed by atoms with Crippen molar-refractivity contribution in [2.24, 2.45) is 0 Å². The number of ether oxygens (including phenoxy) is 1. The second kappa shape index (κ2) is 7.78. The van der Waals surface area contributed by atoms with Gasteiger partial charge in [0.1, 0.15) is 33.4 Å². The number of hydrogen-bond donors (Lipinski definition) is 3. The number of nitrogens with two attached hydrogens (primary N) is 1. The molecule has 0 unspecified atom stereocenters. The monoisotopic (exact) mass is 423 g/mol. The van der Waals surface area contributed by atoms with Crippen molar-refractivity contribution in [2.75, 3.05) is 24.1 Å². The van der Waals surface area contributed by atoms with Gasteiger partial charge in [0.25, 0.3) is 5.91 Å². The Bertz CT molecular complexity index is 997. The van der Waals surface area contributed by atoms with E-state index < -0.39 is 17.5 Å². The lowest BCUT2D eigenvalue weighted by Gasteiger charge is -2.11. The Balaban J connectivity index is 1.55. The fraction of sp³-hybridized carbons (Fsp3) is 0.235. The number of nitrogens with zero attached hydrogens (tertiary/aromatic N) is 2. The molecule has 1 saturated heterocycles. The number of carbonyl (C=O) groups excluding carboxylic acids is 1. The first-order chi connectivity index (χ1) is 13.5. The second-order valence-electron chi connectivity index (χ2n) is 6.04. The summed E-state index contributed by atoms with van der Waals surface area (Å²) in [6.07, 6.45) is 2.35. The minimum Gasteiger partial charge on any atom is -0.477 e. The van der Waals surface area contributed by atoms with Crippen LogP contribution >= 0.6 is 22.9 Å². The third kappa shape index (κ3) is 3.68. The summed E-state index contributed by atoms with van der Waals surface area (Å²) in [4.78, 5) is 16.7. The number of hydrogen-bond acceptors (Lipinski definition) is 8. The molecule has 1 aliphatic rings. The Kier molecular flexibility index (Phi) is 5.20. The molecule has 28 heavy (non-hydrogen) atoms. The molecule has 1 aromatic carbocycles. The van der Waals surface area contributed by atoms with Gasteiger partial charge in [0.05, 0.1) is 11.8 Å². The highest BCUT2D eigenvalue weighted by molar-refractivity contribution is 7.19. The van der Waals surface area contributed by atoms with Crippen molar-refractivity contribution in [2.45, 2.75) is 12.5 Å². The highest BCUT2D eigenvalue weighted by Crippen LogP contribution is 2.35. The molecule has 7 nitrogen and oxygen atoms in total. The van der Waals surface area contributed by atoms with Crippen molar-refractivity contribution in [1.29, 1.82) is 0 Å². The van der Waals surface area contributed by atoms with Crippen LogP contribution in [-0.4, -0.2) is 34.5 Å². The van der Waals surface area contributed by atoms with Crippen molar-refractivity contribution >= 4 is 39.5 Å². The number of amides is 1. The largest absolute Gasteiger partial charge is 0.477 e. The molecule has 3 aromatic rings. The number of thiazole rings is 1. The predicted molar refractivity (Wildman–Crippen MR) is 104 cm³/mol. The first-order valence-corrected chi connectivity index (χ1v) is 9.96. The Morgan fingerprint density at radius 1 is 1.36 bits per heavy atom. The van der Waals surface area contributed by atoms with E-state index in [1.807, 2.05) is 0 Å². The SMILES string of the molecule is Nc1sc(-c2c(F)cccc2F)nc1C(=O)Nc1cnsc1O[C@@H]1CCNC1. The third-order valence-electron chi connectivity index (χ3n) is 4.12. The molecule has 1 amide bonds. The number of benzene rings is 1. The van der Waals surface area contributed by atoms with E-state index in [2.05, 4.69) is 20.0 Å². The Morgan fingerprint density at radius 3 is 2.86 bits per heavy atom. The third-order valence-corrected chi connectivity index (χ3v) is 5.71. The number of nitrogen functional groups attached to an aromatic ring is 1. The molecule has 0 radical (unpaired) electrons. The van der Waals surface area contributed by atoms with E-state index in [0.717, 1.165) is 54.5 Å². The Hall–Kier alpha value is -2.63. The molecule has 0 aliphatic carbocycles. The van der Waals surface area contributed by atoms with Gasteiger partial charge in [0.15, 0.2) is 5.69 Å². The van der Waals surface area contributed by atoms with E-state index in [-0.39, 0.29) is 27.4 Å². The van der Waals surface area contributed by atoms with E-state index in [1.54, 1.807) is 0 Å². The van der Waals surface area contributed by atoms with Crippen LogP contribution in [0.1, 0.15) is 16.9 Å². The van der Waals surface area contributed by atoms with E-state index in [9.17, 15) is 13.6 Å². The van der Waals surface area contributed by atoms with E-state index in [1.165, 1.54) is 12.3 Å². The molecular formula is C17H15F2N5O2S2. The summed E-state index contributed by atoms with van der Waals surface area (Å²) in [6, 6.07) is 3.49. The van der Waals surface area contributed by atoms with Crippen LogP contribution < -0.4 is 21.1 Å². The lowest BCUT2D eigenvalue weighted by atomic mass is 10.2. The first kappa shape index (κ1) is 18.7. The van der Waals surface area contributed by atoms with Gasteiger partial charge in [-0.3, -0.25) is 4.79 Å². The standard InChI is InChI=1S/C17H15F2N5O2S2/c18-9-2-1-3-10(19)12(9)16-24-13(14(20)27-16)15(25)23-11-7-22-28-17(11)26-8-4-5-21-6-8/h1-3,7-8,21H,4-6,20H2,(H,23,25)/t8-/m1/s1. The average Bonchev–Trinajstić information content (AvgIpc) is 3.38. The average molecular weight is 423 g/mol. The fourth-order valence-corrected chi connectivity index (χ4v) is 4.27. The number of nitrogens with one attached hydrogen (secondary N) is 2. The van der Waals surface area contributed by atoms with Gasteiger partial charge < -0.3 is 21.1 Å². The van der Waals surface area contributed by atoms with Crippen molar-refractivity contribution in [3.05, 3.63) is 41.7 Å². The van der Waals surface area contributed by atoms with Gasteiger partial charge in [-0.2, -0.15) is 4.37 Å². The Morgan fingerprint density at radius 2 is 2.14 bits per heavy atom. The second-order valence-corrected chi connectivity index (χ2v) is 7.84. The predicted octanol–water partition coefficient (Wildman–Crippen LogP) is 3.12. The van der Waals surface area contributed by atoms with Gasteiger partial charge in [-0.25, -0.2) is 13.8 Å². The minimum atomic E-state index is -0.774. The fourth-order valence-electron chi connectivity index (χ4n) is 2.76. The molecule has 1 atom stereocenters. The van der Waals surface area contributed by atoms with Crippen LogP contribution in [0.3, 0.4) is 0 Å². The van der Waals surface area contributed by atoms with Crippen molar-refractivity contribution in [3.8, 4) is 15.6 Å². The number of rotatable bonds is 5. The molecule has 0 spiro atoms. The van der Waals surface area contributed by atoms with Crippen LogP contribution in [0.15, 0.2) is 24.4 Å². The summed E-state index contributed by atoms with van der Waals surface area (Å²) in [6.45, 7) is 1.60. The summed E-state index contributed by atoms with van der Waals surface area (Å²) < 4.78 is 37.9. The van der Waals surface area contributed by atoms with Crippen molar-refractivity contribution in [3.63, 3.8) is 0 Å². The van der Waals surface area contributed by atoms with Crippen molar-refractivity contribution < 1.29 is 18.3 Å². The summed E-state index contributed by atoms with van der Waals surface area (Å²) >= 11 is 1.96. The lowest BCUT2D eigenvalue weighted by Crippen LogP contribution is -2.20. The molecule has 4 rings (SSSR count). The summed E-state index contributed by atoms with van der Waals surface area (Å²) in [5.74, 6) is -2.15. The molecular weight excluding hydrogens is 408 g/mol. The highest BCUT2D eigenvalue weighted by atomic mass is 32.1. The molecule has 0 saturated carbocycles. The van der Waals surface area contributed by atoms with E-state index in [0.29, 0.717) is 10.8 Å². The normalized spacial score (nSPS) is 16.3. The van der Waals surface area contributed by atoms with Gasteiger partial charge >= 0.3 is 0 Å². The van der Waals surface area contributed by atoms with Crippen LogP contribution in [0.25, 0.3) is 10.6 Å². The molecule has 1 fully saturated rings. The van der Waals surface area contributed by atoms with Gasteiger partial charge in [-0.05, 0) is 25.1 Å². The summed E-state index contributed by atoms with van der Waals surface area (Å²) in [5, 5.41) is 6.38. The van der Waals surface area contributed by atoms with Crippen molar-refractivity contribution in [1.82, 2.24) is 14.7 Å². The maximum atomic E-state index is 14.0. The van der Waals surface area contributed by atoms with Crippen LogP contribution in [-0.2, 0) is 0 Å². The quantitative estimate of drug-likeness (QED) is 0.583. The van der Waals surface area contributed by atoms with Gasteiger partial charge in [0.2, 0.25) is 5.06 Å². The van der Waals surface area contributed by atoms with Crippen LogP contribution in [0.4, 0.5) is 19.5 Å². The first-order valence-electron chi connectivity index (χ1n) is 8.37. The number of aromatic nitrogens is 2. The molecule has 2 aromatic heterocycles. The molecule has 4 N–H and O–H groups in total.